The Labute approximate surface area is 116 Å². The SMILES string of the molecule is CN1CCN(CCC(=O)Nc2c[nH]nc2C(=O)O)CC1. The molecule has 0 aliphatic carbocycles. The fourth-order valence-corrected chi connectivity index (χ4v) is 2.09. The van der Waals surface area contributed by atoms with Gasteiger partial charge in [0.15, 0.2) is 5.69 Å². The number of likely N-dealkylation sites (N-methyl/N-ethyl adjacent to an activating group) is 1. The zero-order valence-corrected chi connectivity index (χ0v) is 11.4. The Morgan fingerprint density at radius 3 is 2.75 bits per heavy atom. The van der Waals surface area contributed by atoms with Crippen LogP contribution in [-0.4, -0.2) is 76.8 Å². The van der Waals surface area contributed by atoms with E-state index in [0.717, 1.165) is 26.2 Å². The maximum Gasteiger partial charge on any atom is 0.358 e. The number of hydrogen-bond acceptors (Lipinski definition) is 5. The van der Waals surface area contributed by atoms with Gasteiger partial charge in [-0.25, -0.2) is 4.79 Å². The molecule has 110 valence electrons. The van der Waals surface area contributed by atoms with Gasteiger partial charge in [0.25, 0.3) is 0 Å². The predicted molar refractivity (Wildman–Crippen MR) is 72.7 cm³/mol. The van der Waals surface area contributed by atoms with Crippen molar-refractivity contribution in [1.82, 2.24) is 20.0 Å². The smallest absolute Gasteiger partial charge is 0.358 e. The lowest BCUT2D eigenvalue weighted by atomic mass is 10.3. The summed E-state index contributed by atoms with van der Waals surface area (Å²) in [6.07, 6.45) is 1.71. The number of aromatic amines is 1. The topological polar surface area (TPSA) is 102 Å². The molecule has 2 rings (SSSR count). The molecule has 1 fully saturated rings. The van der Waals surface area contributed by atoms with Crippen molar-refractivity contribution in [2.24, 2.45) is 0 Å². The molecule has 8 nitrogen and oxygen atoms in total. The number of H-pyrrole nitrogens is 1. The minimum Gasteiger partial charge on any atom is -0.476 e. The van der Waals surface area contributed by atoms with E-state index < -0.39 is 5.97 Å². The number of nitrogens with zero attached hydrogens (tertiary/aromatic N) is 3. The van der Waals surface area contributed by atoms with Crippen molar-refractivity contribution in [3.63, 3.8) is 0 Å². The quantitative estimate of drug-likeness (QED) is 0.684. The first-order valence-corrected chi connectivity index (χ1v) is 6.54. The predicted octanol–water partition coefficient (Wildman–Crippen LogP) is -0.316. The van der Waals surface area contributed by atoms with Crippen molar-refractivity contribution in [3.8, 4) is 0 Å². The maximum absolute atomic E-state index is 11.8. The third-order valence-corrected chi connectivity index (χ3v) is 3.37. The van der Waals surface area contributed by atoms with Crippen molar-refractivity contribution in [2.45, 2.75) is 6.42 Å². The lowest BCUT2D eigenvalue weighted by Gasteiger charge is -2.32. The van der Waals surface area contributed by atoms with E-state index in [1.54, 1.807) is 0 Å². The Morgan fingerprint density at radius 2 is 2.10 bits per heavy atom. The Bertz CT molecular complexity index is 479. The molecule has 1 saturated heterocycles. The molecular weight excluding hydrogens is 262 g/mol. The van der Waals surface area contributed by atoms with Gasteiger partial charge in [0.2, 0.25) is 5.91 Å². The van der Waals surface area contributed by atoms with Crippen LogP contribution in [0.25, 0.3) is 0 Å². The summed E-state index contributed by atoms with van der Waals surface area (Å²) in [5.74, 6) is -1.37. The summed E-state index contributed by atoms with van der Waals surface area (Å²) in [5, 5.41) is 17.5. The number of carbonyl (C=O) groups is 2. The van der Waals surface area contributed by atoms with Gasteiger partial charge in [-0.1, -0.05) is 0 Å². The first kappa shape index (κ1) is 14.5. The first-order valence-electron chi connectivity index (χ1n) is 6.54. The molecule has 0 aromatic carbocycles. The van der Waals surface area contributed by atoms with Crippen LogP contribution >= 0.6 is 0 Å². The van der Waals surface area contributed by atoms with E-state index in [4.69, 9.17) is 5.11 Å². The molecule has 2 heterocycles. The molecule has 0 atom stereocenters. The molecule has 3 N–H and O–H groups in total. The Morgan fingerprint density at radius 1 is 1.40 bits per heavy atom. The van der Waals surface area contributed by atoms with Crippen LogP contribution in [0.1, 0.15) is 16.9 Å². The van der Waals surface area contributed by atoms with E-state index in [1.165, 1.54) is 6.20 Å². The molecule has 0 saturated carbocycles. The lowest BCUT2D eigenvalue weighted by molar-refractivity contribution is -0.116. The standard InChI is InChI=1S/C12H19N5O3/c1-16-4-6-17(7-5-16)3-2-10(18)14-9-8-13-15-11(9)12(19)20/h8H,2-7H2,1H3,(H,13,15)(H,14,18)(H,19,20). The van der Waals surface area contributed by atoms with E-state index in [9.17, 15) is 9.59 Å². The van der Waals surface area contributed by atoms with Gasteiger partial charge in [0, 0.05) is 45.3 Å². The number of amides is 1. The van der Waals surface area contributed by atoms with Crippen LogP contribution in [0.5, 0.6) is 0 Å². The molecule has 1 aliphatic heterocycles. The van der Waals surface area contributed by atoms with Crippen molar-refractivity contribution in [3.05, 3.63) is 11.9 Å². The van der Waals surface area contributed by atoms with Crippen LogP contribution in [0.15, 0.2) is 6.20 Å². The molecule has 8 heteroatoms. The van der Waals surface area contributed by atoms with E-state index >= 15 is 0 Å². The highest BCUT2D eigenvalue weighted by atomic mass is 16.4. The van der Waals surface area contributed by atoms with E-state index in [1.807, 2.05) is 0 Å². The monoisotopic (exact) mass is 281 g/mol. The minimum atomic E-state index is -1.17. The molecule has 1 amide bonds. The van der Waals surface area contributed by atoms with Crippen LogP contribution in [0, 0.1) is 0 Å². The largest absolute Gasteiger partial charge is 0.476 e. The molecule has 0 unspecified atom stereocenters. The molecule has 0 radical (unpaired) electrons. The molecule has 1 aliphatic rings. The van der Waals surface area contributed by atoms with Crippen molar-refractivity contribution in [2.75, 3.05) is 45.1 Å². The Hall–Kier alpha value is -1.93. The highest BCUT2D eigenvalue weighted by molar-refractivity contribution is 5.98. The summed E-state index contributed by atoms with van der Waals surface area (Å²) in [5.41, 5.74) is 0.0406. The zero-order valence-electron chi connectivity index (χ0n) is 11.4. The fraction of sp³-hybridized carbons (Fsp3) is 0.583. The van der Waals surface area contributed by atoms with Crippen LogP contribution < -0.4 is 5.32 Å². The van der Waals surface area contributed by atoms with Crippen molar-refractivity contribution < 1.29 is 14.7 Å². The third kappa shape index (κ3) is 3.78. The van der Waals surface area contributed by atoms with E-state index in [-0.39, 0.29) is 17.3 Å². The number of hydrogen-bond donors (Lipinski definition) is 3. The van der Waals surface area contributed by atoms with Crippen LogP contribution in [0.4, 0.5) is 5.69 Å². The van der Waals surface area contributed by atoms with E-state index in [0.29, 0.717) is 13.0 Å². The van der Waals surface area contributed by atoms with Crippen molar-refractivity contribution in [1.29, 1.82) is 0 Å². The van der Waals surface area contributed by atoms with E-state index in [2.05, 4.69) is 32.4 Å². The number of carbonyl (C=O) groups excluding carboxylic acids is 1. The van der Waals surface area contributed by atoms with Crippen LogP contribution in [0.2, 0.25) is 0 Å². The number of nitrogens with one attached hydrogen (secondary N) is 2. The van der Waals surface area contributed by atoms with Crippen LogP contribution in [-0.2, 0) is 4.79 Å². The number of carboxylic acids is 1. The normalized spacial score (nSPS) is 17.1. The third-order valence-electron chi connectivity index (χ3n) is 3.37. The number of rotatable bonds is 5. The second kappa shape index (κ2) is 6.49. The average Bonchev–Trinajstić information content (AvgIpc) is 2.86. The summed E-state index contributed by atoms with van der Waals surface area (Å²) in [6, 6.07) is 0. The second-order valence-corrected chi connectivity index (χ2v) is 4.90. The highest BCUT2D eigenvalue weighted by Crippen LogP contribution is 2.11. The molecular formula is C12H19N5O3. The average molecular weight is 281 g/mol. The number of carboxylic acid groups (broad SMARTS) is 1. The molecule has 1 aromatic heterocycles. The van der Waals surface area contributed by atoms with Gasteiger partial charge in [-0.2, -0.15) is 5.10 Å². The Kier molecular flexibility index (Phi) is 4.70. The minimum absolute atomic E-state index is 0.169. The summed E-state index contributed by atoms with van der Waals surface area (Å²) >= 11 is 0. The lowest BCUT2D eigenvalue weighted by Crippen LogP contribution is -2.45. The van der Waals surface area contributed by atoms with Crippen molar-refractivity contribution >= 4 is 17.6 Å². The fourth-order valence-electron chi connectivity index (χ4n) is 2.09. The van der Waals surface area contributed by atoms with Gasteiger partial charge in [-0.05, 0) is 7.05 Å². The van der Waals surface area contributed by atoms with Crippen LogP contribution in [0.3, 0.4) is 0 Å². The highest BCUT2D eigenvalue weighted by Gasteiger charge is 2.17. The summed E-state index contributed by atoms with van der Waals surface area (Å²) in [7, 11) is 2.08. The number of piperazine rings is 1. The van der Waals surface area contributed by atoms with Gasteiger partial charge in [-0.3, -0.25) is 9.89 Å². The summed E-state index contributed by atoms with van der Waals surface area (Å²) in [6.45, 7) is 4.60. The summed E-state index contributed by atoms with van der Waals surface area (Å²) < 4.78 is 0. The Balaban J connectivity index is 1.78. The van der Waals surface area contributed by atoms with Gasteiger partial charge >= 0.3 is 5.97 Å². The van der Waals surface area contributed by atoms with Gasteiger partial charge < -0.3 is 20.2 Å². The maximum atomic E-state index is 11.8. The second-order valence-electron chi connectivity index (χ2n) is 4.90. The van der Waals surface area contributed by atoms with Gasteiger partial charge in [0.1, 0.15) is 0 Å². The molecule has 20 heavy (non-hydrogen) atoms. The number of anilines is 1. The number of aromatic nitrogens is 2. The van der Waals surface area contributed by atoms with Gasteiger partial charge in [-0.15, -0.1) is 0 Å². The zero-order chi connectivity index (χ0) is 14.5. The first-order chi connectivity index (χ1) is 9.56. The summed E-state index contributed by atoms with van der Waals surface area (Å²) in [4.78, 5) is 27.1. The molecule has 0 bridgehead atoms. The molecule has 1 aromatic rings. The molecule has 0 spiro atoms. The van der Waals surface area contributed by atoms with Gasteiger partial charge in [0.05, 0.1) is 5.69 Å². The number of aromatic carboxylic acids is 1.